The van der Waals surface area contributed by atoms with Gasteiger partial charge in [0.2, 0.25) is 5.91 Å². The summed E-state index contributed by atoms with van der Waals surface area (Å²) in [7, 11) is 1.42. The molecule has 0 heterocycles. The number of hydrogen-bond acceptors (Lipinski definition) is 6. The Morgan fingerprint density at radius 3 is 2.34 bits per heavy atom. The minimum Gasteiger partial charge on any atom is -0.493 e. The number of benzene rings is 1. The lowest BCUT2D eigenvalue weighted by molar-refractivity contribution is -0.177. The van der Waals surface area contributed by atoms with Gasteiger partial charge in [-0.25, -0.2) is 4.39 Å². The Kier molecular flexibility index (Phi) is 7.01. The van der Waals surface area contributed by atoms with Gasteiger partial charge in [0, 0.05) is 30.8 Å². The maximum Gasteiger partial charge on any atom is 0.311 e. The van der Waals surface area contributed by atoms with Crippen LogP contribution in [0.3, 0.4) is 0 Å². The van der Waals surface area contributed by atoms with E-state index in [0.29, 0.717) is 68.6 Å². The van der Waals surface area contributed by atoms with Crippen LogP contribution < -0.4 is 20.1 Å². The van der Waals surface area contributed by atoms with E-state index >= 15 is 0 Å². The first-order chi connectivity index (χ1) is 19.5. The topological polar surface area (TPSA) is 103 Å². The van der Waals surface area contributed by atoms with Gasteiger partial charge < -0.3 is 24.8 Å². The molecule has 0 radical (unpaired) electrons. The lowest BCUT2D eigenvalue weighted by Crippen LogP contribution is -2.77. The normalized spacial score (nSPS) is 38.3. The molecule has 0 aromatic heterocycles. The predicted octanol–water partition coefficient (Wildman–Crippen LogP) is 4.80. The van der Waals surface area contributed by atoms with Gasteiger partial charge in [-0.05, 0) is 95.2 Å². The molecule has 1 aromatic rings. The monoisotopic (exact) mass is 570 g/mol. The van der Waals surface area contributed by atoms with Crippen molar-refractivity contribution in [2.24, 2.45) is 23.2 Å². The standard InChI is InChI=1S/C32H43FN2O6/c1-5-40-24-12-18(2)23(41-21-8-10-30(3,11-9-21)29(38)39-4)14-22(24)27(36)34-26-20-7-6-19(13-20)25(26)28(37)35-32-15-31(33,16-32)17-32/h12,14,19-21,25-26H,5-11,13,15-17H2,1-4H3,(H,34,36)(H,35,37)/t19-,20+,21-,25+,26-,30+,31?,32?/m1/s1. The molecule has 2 N–H and O–H groups in total. The molecule has 0 unspecified atom stereocenters. The van der Waals surface area contributed by atoms with E-state index in [9.17, 15) is 18.8 Å². The number of carbonyl (C=O) groups is 3. The van der Waals surface area contributed by atoms with Gasteiger partial charge in [-0.2, -0.15) is 0 Å². The van der Waals surface area contributed by atoms with E-state index in [1.807, 2.05) is 26.8 Å². The number of fused-ring (bicyclic) bond motifs is 2. The largest absolute Gasteiger partial charge is 0.493 e. The zero-order chi connectivity index (χ0) is 29.2. The summed E-state index contributed by atoms with van der Waals surface area (Å²) in [4.78, 5) is 39.5. The molecule has 2 amide bonds. The number of methoxy groups -OCH3 is 1. The van der Waals surface area contributed by atoms with Gasteiger partial charge in [-0.3, -0.25) is 14.4 Å². The highest BCUT2D eigenvalue weighted by molar-refractivity contribution is 5.98. The number of esters is 1. The number of carbonyl (C=O) groups excluding carboxylic acids is 3. The van der Waals surface area contributed by atoms with E-state index < -0.39 is 11.1 Å². The molecule has 41 heavy (non-hydrogen) atoms. The molecule has 6 aliphatic carbocycles. The van der Waals surface area contributed by atoms with Gasteiger partial charge >= 0.3 is 5.97 Å². The highest BCUT2D eigenvalue weighted by Gasteiger charge is 2.70. The van der Waals surface area contributed by atoms with Crippen LogP contribution in [-0.2, 0) is 14.3 Å². The lowest BCUT2D eigenvalue weighted by atomic mass is 9.47. The van der Waals surface area contributed by atoms with Crippen molar-refractivity contribution in [3.63, 3.8) is 0 Å². The molecule has 0 spiro atoms. The fraction of sp³-hybridized carbons (Fsp3) is 0.719. The number of nitrogens with one attached hydrogen (secondary N) is 2. The molecular weight excluding hydrogens is 527 g/mol. The summed E-state index contributed by atoms with van der Waals surface area (Å²) in [5.41, 5.74) is -0.685. The highest BCUT2D eigenvalue weighted by atomic mass is 19.1. The molecule has 8 nitrogen and oxygen atoms in total. The molecule has 6 fully saturated rings. The van der Waals surface area contributed by atoms with Crippen LogP contribution in [0.1, 0.15) is 94.0 Å². The van der Waals surface area contributed by atoms with E-state index in [-0.39, 0.29) is 53.2 Å². The Balaban J connectivity index is 1.16. The van der Waals surface area contributed by atoms with Crippen molar-refractivity contribution in [3.05, 3.63) is 23.3 Å². The summed E-state index contributed by atoms with van der Waals surface area (Å²) in [6.07, 6.45) is 6.85. The number of hydrogen-bond donors (Lipinski definition) is 2. The first-order valence-corrected chi connectivity index (χ1v) is 15.3. The van der Waals surface area contributed by atoms with Crippen molar-refractivity contribution in [3.8, 4) is 11.5 Å². The lowest BCUT2D eigenvalue weighted by Gasteiger charge is -2.66. The molecule has 4 bridgehead atoms. The van der Waals surface area contributed by atoms with Gasteiger partial charge in [0.25, 0.3) is 5.91 Å². The zero-order valence-electron chi connectivity index (χ0n) is 24.6. The Bertz CT molecular complexity index is 1220. The number of ether oxygens (including phenoxy) is 3. The maximum atomic E-state index is 14.1. The Morgan fingerprint density at radius 1 is 1.02 bits per heavy atom. The van der Waals surface area contributed by atoms with Crippen LogP contribution in [0, 0.1) is 30.1 Å². The van der Waals surface area contributed by atoms with E-state index in [2.05, 4.69) is 10.6 Å². The van der Waals surface area contributed by atoms with Crippen molar-refractivity contribution in [1.82, 2.24) is 10.6 Å². The highest BCUT2D eigenvalue weighted by Crippen LogP contribution is 2.63. The van der Waals surface area contributed by atoms with Crippen LogP contribution in [-0.4, -0.2) is 54.9 Å². The summed E-state index contributed by atoms with van der Waals surface area (Å²) in [6.45, 7) is 6.16. The second kappa shape index (κ2) is 10.2. The fourth-order valence-electron chi connectivity index (χ4n) is 8.46. The fourth-order valence-corrected chi connectivity index (χ4v) is 8.46. The molecule has 4 atom stereocenters. The quantitative estimate of drug-likeness (QED) is 0.414. The average Bonchev–Trinajstić information content (AvgIpc) is 3.51. The summed E-state index contributed by atoms with van der Waals surface area (Å²) in [6, 6.07) is 3.34. The number of alkyl halides is 1. The van der Waals surface area contributed by atoms with Gasteiger partial charge in [0.15, 0.2) is 0 Å². The van der Waals surface area contributed by atoms with E-state index in [1.165, 1.54) is 7.11 Å². The minimum absolute atomic E-state index is 0.0431. The number of rotatable bonds is 9. The first kappa shape index (κ1) is 28.3. The van der Waals surface area contributed by atoms with Crippen LogP contribution >= 0.6 is 0 Å². The average molecular weight is 571 g/mol. The molecule has 0 aliphatic heterocycles. The summed E-state index contributed by atoms with van der Waals surface area (Å²) < 4.78 is 31.3. The number of halogens is 1. The molecule has 1 aromatic carbocycles. The van der Waals surface area contributed by atoms with Crippen molar-refractivity contribution in [1.29, 1.82) is 0 Å². The second-order valence-corrected chi connectivity index (χ2v) is 13.7. The van der Waals surface area contributed by atoms with Crippen LogP contribution in [0.5, 0.6) is 11.5 Å². The van der Waals surface area contributed by atoms with E-state index in [0.717, 1.165) is 24.8 Å². The smallest absolute Gasteiger partial charge is 0.311 e. The van der Waals surface area contributed by atoms with Gasteiger partial charge in [-0.1, -0.05) is 0 Å². The van der Waals surface area contributed by atoms with Gasteiger partial charge in [0.05, 0.1) is 36.7 Å². The summed E-state index contributed by atoms with van der Waals surface area (Å²) in [5, 5.41) is 6.38. The summed E-state index contributed by atoms with van der Waals surface area (Å²) >= 11 is 0. The molecule has 7 rings (SSSR count). The number of aryl methyl sites for hydroxylation is 1. The Hall–Kier alpha value is -2.84. The molecule has 6 aliphatic rings. The third-order valence-corrected chi connectivity index (χ3v) is 10.7. The SMILES string of the molecule is CCOc1cc(C)c(O[C@H]2CC[C@@](C)(C(=O)OC)CC2)cc1C(=O)N[C@@H]1[C@H]2CC[C@H](C2)[C@@H]1C(=O)NC12CC(F)(C1)C2. The Morgan fingerprint density at radius 2 is 1.71 bits per heavy atom. The zero-order valence-corrected chi connectivity index (χ0v) is 24.6. The van der Waals surface area contributed by atoms with E-state index in [1.54, 1.807) is 6.07 Å². The molecule has 6 saturated carbocycles. The van der Waals surface area contributed by atoms with Crippen LogP contribution in [0.4, 0.5) is 4.39 Å². The van der Waals surface area contributed by atoms with Crippen molar-refractivity contribution >= 4 is 17.8 Å². The van der Waals surface area contributed by atoms with Crippen molar-refractivity contribution < 1.29 is 33.0 Å². The molecule has 224 valence electrons. The second-order valence-electron chi connectivity index (χ2n) is 13.7. The molecule has 9 heteroatoms. The van der Waals surface area contributed by atoms with Crippen LogP contribution in [0.25, 0.3) is 0 Å². The van der Waals surface area contributed by atoms with Crippen LogP contribution in [0.2, 0.25) is 0 Å². The predicted molar refractivity (Wildman–Crippen MR) is 149 cm³/mol. The molecule has 0 saturated heterocycles. The third kappa shape index (κ3) is 4.97. The van der Waals surface area contributed by atoms with Gasteiger partial charge in [-0.15, -0.1) is 0 Å². The van der Waals surface area contributed by atoms with Crippen molar-refractivity contribution in [2.45, 2.75) is 108 Å². The number of amides is 2. The minimum atomic E-state index is -1.07. The van der Waals surface area contributed by atoms with E-state index in [4.69, 9.17) is 14.2 Å². The molecular formula is C32H43FN2O6. The first-order valence-electron chi connectivity index (χ1n) is 15.3. The third-order valence-electron chi connectivity index (χ3n) is 10.7. The van der Waals surface area contributed by atoms with Crippen LogP contribution in [0.15, 0.2) is 12.1 Å². The van der Waals surface area contributed by atoms with Gasteiger partial charge in [0.1, 0.15) is 17.2 Å². The van der Waals surface area contributed by atoms with Crippen molar-refractivity contribution in [2.75, 3.05) is 13.7 Å². The summed E-state index contributed by atoms with van der Waals surface area (Å²) in [5.74, 6) is 0.799. The Labute approximate surface area is 241 Å². The maximum absolute atomic E-state index is 14.1.